The third kappa shape index (κ3) is 4.03. The zero-order valence-corrected chi connectivity index (χ0v) is 10.6. The van der Waals surface area contributed by atoms with Gasteiger partial charge in [0.05, 0.1) is 13.2 Å². The first-order valence-electron chi connectivity index (χ1n) is 5.54. The molecule has 1 heterocycles. The SMILES string of the molecule is C=C(CN(C)Cc1nccn1C)C(=O)OCC. The molecule has 0 N–H and O–H groups in total. The van der Waals surface area contributed by atoms with Crippen LogP contribution >= 0.6 is 0 Å². The van der Waals surface area contributed by atoms with Crippen LogP contribution in [0.4, 0.5) is 0 Å². The summed E-state index contributed by atoms with van der Waals surface area (Å²) in [5.74, 6) is 0.614. The van der Waals surface area contributed by atoms with E-state index in [1.807, 2.05) is 29.8 Å². The predicted molar refractivity (Wildman–Crippen MR) is 65.3 cm³/mol. The highest BCUT2D eigenvalue weighted by molar-refractivity contribution is 5.88. The third-order valence-electron chi connectivity index (χ3n) is 2.36. The Balaban J connectivity index is 2.44. The Morgan fingerprint density at radius 3 is 2.88 bits per heavy atom. The lowest BCUT2D eigenvalue weighted by Gasteiger charge is -2.16. The van der Waals surface area contributed by atoms with Gasteiger partial charge in [-0.2, -0.15) is 0 Å². The largest absolute Gasteiger partial charge is 0.463 e. The molecule has 0 saturated heterocycles. The number of imidazole rings is 1. The number of nitrogens with zero attached hydrogens (tertiary/aromatic N) is 3. The molecule has 0 aromatic carbocycles. The number of ether oxygens (including phenoxy) is 1. The number of rotatable bonds is 6. The van der Waals surface area contributed by atoms with Gasteiger partial charge in [0.1, 0.15) is 5.82 Å². The lowest BCUT2D eigenvalue weighted by Crippen LogP contribution is -2.25. The fourth-order valence-corrected chi connectivity index (χ4v) is 1.47. The Hall–Kier alpha value is -1.62. The number of carbonyl (C=O) groups excluding carboxylic acids is 1. The second kappa shape index (κ2) is 6.20. The molecule has 0 radical (unpaired) electrons. The molecule has 0 aliphatic carbocycles. The van der Waals surface area contributed by atoms with Gasteiger partial charge in [-0.1, -0.05) is 6.58 Å². The van der Waals surface area contributed by atoms with E-state index in [1.165, 1.54) is 0 Å². The zero-order valence-electron chi connectivity index (χ0n) is 10.6. The van der Waals surface area contributed by atoms with Gasteiger partial charge in [0.2, 0.25) is 0 Å². The highest BCUT2D eigenvalue weighted by Crippen LogP contribution is 2.03. The average Bonchev–Trinajstić information content (AvgIpc) is 2.64. The summed E-state index contributed by atoms with van der Waals surface area (Å²) in [5, 5.41) is 0. The molecule has 0 fully saturated rings. The van der Waals surface area contributed by atoms with Crippen molar-refractivity contribution in [3.63, 3.8) is 0 Å². The highest BCUT2D eigenvalue weighted by atomic mass is 16.5. The number of likely N-dealkylation sites (N-methyl/N-ethyl adjacent to an activating group) is 1. The minimum Gasteiger partial charge on any atom is -0.463 e. The molecule has 0 atom stereocenters. The van der Waals surface area contributed by atoms with Crippen LogP contribution in [0.5, 0.6) is 0 Å². The van der Waals surface area contributed by atoms with Gasteiger partial charge in [0.15, 0.2) is 0 Å². The van der Waals surface area contributed by atoms with Crippen LogP contribution in [0.25, 0.3) is 0 Å². The maximum absolute atomic E-state index is 11.4. The van der Waals surface area contributed by atoms with E-state index in [2.05, 4.69) is 11.6 Å². The van der Waals surface area contributed by atoms with Crippen LogP contribution in [-0.2, 0) is 23.1 Å². The normalized spacial score (nSPS) is 10.6. The van der Waals surface area contributed by atoms with Crippen molar-refractivity contribution in [3.8, 4) is 0 Å². The van der Waals surface area contributed by atoms with Crippen LogP contribution < -0.4 is 0 Å². The Morgan fingerprint density at radius 2 is 2.35 bits per heavy atom. The molecule has 5 nitrogen and oxygen atoms in total. The van der Waals surface area contributed by atoms with E-state index in [1.54, 1.807) is 13.1 Å². The van der Waals surface area contributed by atoms with Gasteiger partial charge in [-0.15, -0.1) is 0 Å². The Bertz CT molecular complexity index is 398. The number of carbonyl (C=O) groups is 1. The molecular weight excluding hydrogens is 218 g/mol. The maximum Gasteiger partial charge on any atom is 0.334 e. The van der Waals surface area contributed by atoms with Gasteiger partial charge < -0.3 is 9.30 Å². The molecule has 17 heavy (non-hydrogen) atoms. The number of esters is 1. The summed E-state index contributed by atoms with van der Waals surface area (Å²) >= 11 is 0. The molecular formula is C12H19N3O2. The highest BCUT2D eigenvalue weighted by Gasteiger charge is 2.11. The average molecular weight is 237 g/mol. The summed E-state index contributed by atoms with van der Waals surface area (Å²) in [7, 11) is 3.86. The minimum atomic E-state index is -0.334. The van der Waals surface area contributed by atoms with E-state index in [0.29, 0.717) is 25.3 Å². The van der Waals surface area contributed by atoms with Crippen molar-refractivity contribution in [2.45, 2.75) is 13.5 Å². The quantitative estimate of drug-likeness (QED) is 0.546. The Morgan fingerprint density at radius 1 is 1.65 bits per heavy atom. The van der Waals surface area contributed by atoms with Crippen molar-refractivity contribution in [3.05, 3.63) is 30.4 Å². The number of hydrogen-bond acceptors (Lipinski definition) is 4. The first kappa shape index (κ1) is 13.4. The summed E-state index contributed by atoms with van der Waals surface area (Å²) < 4.78 is 6.83. The molecule has 0 unspecified atom stereocenters. The van der Waals surface area contributed by atoms with Crippen molar-refractivity contribution < 1.29 is 9.53 Å². The van der Waals surface area contributed by atoms with Crippen LogP contribution in [0.3, 0.4) is 0 Å². The van der Waals surface area contributed by atoms with Crippen LogP contribution in [0.15, 0.2) is 24.5 Å². The van der Waals surface area contributed by atoms with E-state index in [-0.39, 0.29) is 5.97 Å². The fourth-order valence-electron chi connectivity index (χ4n) is 1.47. The van der Waals surface area contributed by atoms with Gasteiger partial charge in [-0.25, -0.2) is 9.78 Å². The summed E-state index contributed by atoms with van der Waals surface area (Å²) in [6.07, 6.45) is 3.65. The summed E-state index contributed by atoms with van der Waals surface area (Å²) in [6.45, 7) is 7.02. The fraction of sp³-hybridized carbons (Fsp3) is 0.500. The molecule has 1 rings (SSSR count). The standard InChI is InChI=1S/C12H19N3O2/c1-5-17-12(16)10(2)8-14(3)9-11-13-6-7-15(11)4/h6-7H,2,5,8-9H2,1,3-4H3. The number of aryl methyl sites for hydroxylation is 1. The molecule has 0 saturated carbocycles. The first-order chi connectivity index (χ1) is 8.04. The molecule has 0 spiro atoms. The van der Waals surface area contributed by atoms with Crippen molar-refractivity contribution in [2.75, 3.05) is 20.2 Å². The van der Waals surface area contributed by atoms with E-state index >= 15 is 0 Å². The summed E-state index contributed by atoms with van der Waals surface area (Å²) in [6, 6.07) is 0. The molecule has 0 aliphatic heterocycles. The third-order valence-corrected chi connectivity index (χ3v) is 2.36. The van der Waals surface area contributed by atoms with E-state index in [9.17, 15) is 4.79 Å². The maximum atomic E-state index is 11.4. The summed E-state index contributed by atoms with van der Waals surface area (Å²) in [5.41, 5.74) is 0.462. The van der Waals surface area contributed by atoms with E-state index in [0.717, 1.165) is 5.82 Å². The van der Waals surface area contributed by atoms with Gasteiger partial charge in [0.25, 0.3) is 0 Å². The molecule has 94 valence electrons. The lowest BCUT2D eigenvalue weighted by molar-refractivity contribution is -0.138. The molecule has 0 amide bonds. The molecule has 0 aliphatic rings. The molecule has 5 heteroatoms. The lowest BCUT2D eigenvalue weighted by atomic mass is 10.3. The van der Waals surface area contributed by atoms with Crippen LogP contribution in [0, 0.1) is 0 Å². The molecule has 1 aromatic heterocycles. The summed E-state index contributed by atoms with van der Waals surface area (Å²) in [4.78, 5) is 17.6. The second-order valence-electron chi connectivity index (χ2n) is 3.95. The zero-order chi connectivity index (χ0) is 12.8. The van der Waals surface area contributed by atoms with Gasteiger partial charge in [-0.05, 0) is 14.0 Å². The van der Waals surface area contributed by atoms with Crippen LogP contribution in [0.2, 0.25) is 0 Å². The van der Waals surface area contributed by atoms with Gasteiger partial charge in [-0.3, -0.25) is 4.90 Å². The molecule has 0 bridgehead atoms. The predicted octanol–water partition coefficient (Wildman–Crippen LogP) is 0.971. The van der Waals surface area contributed by atoms with E-state index in [4.69, 9.17) is 4.74 Å². The van der Waals surface area contributed by atoms with Gasteiger partial charge >= 0.3 is 5.97 Å². The van der Waals surface area contributed by atoms with Crippen molar-refractivity contribution >= 4 is 5.97 Å². The topological polar surface area (TPSA) is 47.4 Å². The Labute approximate surface area is 102 Å². The number of hydrogen-bond donors (Lipinski definition) is 0. The Kier molecular flexibility index (Phi) is 4.90. The van der Waals surface area contributed by atoms with Crippen molar-refractivity contribution in [2.24, 2.45) is 7.05 Å². The number of aromatic nitrogens is 2. The first-order valence-corrected chi connectivity index (χ1v) is 5.54. The monoisotopic (exact) mass is 237 g/mol. The van der Waals surface area contributed by atoms with Crippen molar-refractivity contribution in [1.82, 2.24) is 14.5 Å². The minimum absolute atomic E-state index is 0.334. The van der Waals surface area contributed by atoms with Crippen molar-refractivity contribution in [1.29, 1.82) is 0 Å². The van der Waals surface area contributed by atoms with Crippen LogP contribution in [0.1, 0.15) is 12.7 Å². The van der Waals surface area contributed by atoms with Gasteiger partial charge in [0, 0.05) is 31.6 Å². The smallest absolute Gasteiger partial charge is 0.334 e. The van der Waals surface area contributed by atoms with E-state index < -0.39 is 0 Å². The van der Waals surface area contributed by atoms with Crippen LogP contribution in [-0.4, -0.2) is 40.6 Å². The second-order valence-corrected chi connectivity index (χ2v) is 3.95. The molecule has 1 aromatic rings.